The zero-order valence-corrected chi connectivity index (χ0v) is 46.3. The predicted molar refractivity (Wildman–Crippen MR) is 302 cm³/mol. The van der Waals surface area contributed by atoms with Crippen LogP contribution < -0.4 is 0 Å². The third-order valence-corrected chi connectivity index (χ3v) is 13.0. The van der Waals surface area contributed by atoms with Gasteiger partial charge in [-0.15, -0.1) is 0 Å². The number of hydrogen-bond donors (Lipinski definition) is 0. The van der Waals surface area contributed by atoms with Gasteiger partial charge in [0.05, 0.1) is 6.42 Å². The molecule has 0 aliphatic rings. The Kier molecular flexibility index (Phi) is 55.8. The van der Waals surface area contributed by atoms with Gasteiger partial charge in [0, 0.05) is 12.8 Å². The second-order valence-corrected chi connectivity index (χ2v) is 19.9. The van der Waals surface area contributed by atoms with Gasteiger partial charge in [0.25, 0.3) is 0 Å². The third-order valence-electron chi connectivity index (χ3n) is 13.0. The lowest BCUT2D eigenvalue weighted by Crippen LogP contribution is -2.30. The molecule has 404 valence electrons. The lowest BCUT2D eigenvalue weighted by molar-refractivity contribution is -0.166. The molecule has 0 saturated heterocycles. The maximum absolute atomic E-state index is 12.7. The smallest absolute Gasteiger partial charge is 0.310 e. The van der Waals surface area contributed by atoms with Crippen LogP contribution in [0.25, 0.3) is 0 Å². The van der Waals surface area contributed by atoms with Crippen LogP contribution in [-0.4, -0.2) is 37.2 Å². The minimum Gasteiger partial charge on any atom is -0.462 e. The highest BCUT2D eigenvalue weighted by atomic mass is 16.6. The van der Waals surface area contributed by atoms with Crippen LogP contribution >= 0.6 is 0 Å². The zero-order valence-electron chi connectivity index (χ0n) is 46.3. The van der Waals surface area contributed by atoms with E-state index in [0.29, 0.717) is 12.8 Å². The maximum atomic E-state index is 12.7. The van der Waals surface area contributed by atoms with Crippen LogP contribution in [0.1, 0.15) is 297 Å². The molecule has 0 amide bonds. The number of carbonyl (C=O) groups excluding carboxylic acids is 3. The molecule has 6 nitrogen and oxygen atoms in total. The molecule has 0 saturated carbocycles. The van der Waals surface area contributed by atoms with Gasteiger partial charge in [0.2, 0.25) is 0 Å². The lowest BCUT2D eigenvalue weighted by Gasteiger charge is -2.18. The summed E-state index contributed by atoms with van der Waals surface area (Å²) in [6.45, 7) is 6.40. The monoisotopic (exact) mass is 977 g/mol. The van der Waals surface area contributed by atoms with E-state index in [0.717, 1.165) is 70.6 Å². The van der Waals surface area contributed by atoms with E-state index in [1.807, 2.05) is 6.08 Å². The number of ether oxygens (including phenoxy) is 3. The highest BCUT2D eigenvalue weighted by Gasteiger charge is 2.19. The molecule has 0 aliphatic carbocycles. The van der Waals surface area contributed by atoms with Gasteiger partial charge in [-0.3, -0.25) is 14.4 Å². The molecule has 0 radical (unpaired) electrons. The molecule has 0 N–H and O–H groups in total. The number of unbranched alkanes of at least 4 members (excludes halogenated alkanes) is 32. The SMILES string of the molecule is CC/C=C\C/C=C\C/C=C\C/C=C\C/C=C\CC(=O)OC(COC(=O)CCCCCCCC)COC(=O)CCCCCCCCCCCCCCCCCCCCC/C=C\CCCCCCCCCC. The van der Waals surface area contributed by atoms with Gasteiger partial charge in [-0.1, -0.05) is 280 Å². The van der Waals surface area contributed by atoms with Crippen molar-refractivity contribution >= 4 is 17.9 Å². The summed E-state index contributed by atoms with van der Waals surface area (Å²) in [5.74, 6) is -1.05. The first-order chi connectivity index (χ1) is 34.5. The summed E-state index contributed by atoms with van der Waals surface area (Å²) in [5, 5.41) is 0. The Balaban J connectivity index is 4.03. The second-order valence-electron chi connectivity index (χ2n) is 19.9. The van der Waals surface area contributed by atoms with E-state index in [1.54, 1.807) is 6.08 Å². The minimum atomic E-state index is -0.825. The lowest BCUT2D eigenvalue weighted by atomic mass is 10.0. The molecular weight excluding hydrogens is 865 g/mol. The Hall–Kier alpha value is -3.15. The molecule has 0 aromatic heterocycles. The average Bonchev–Trinajstić information content (AvgIpc) is 3.36. The van der Waals surface area contributed by atoms with Gasteiger partial charge in [-0.25, -0.2) is 0 Å². The topological polar surface area (TPSA) is 78.9 Å². The molecule has 0 rings (SSSR count). The number of carbonyl (C=O) groups is 3. The molecule has 0 heterocycles. The van der Waals surface area contributed by atoms with E-state index < -0.39 is 12.1 Å². The van der Waals surface area contributed by atoms with Crippen LogP contribution in [0, 0.1) is 0 Å². The Morgan fingerprint density at radius 1 is 0.314 bits per heavy atom. The minimum absolute atomic E-state index is 0.0994. The predicted octanol–water partition coefficient (Wildman–Crippen LogP) is 20.2. The molecule has 0 fully saturated rings. The van der Waals surface area contributed by atoms with Gasteiger partial charge < -0.3 is 14.2 Å². The highest BCUT2D eigenvalue weighted by Crippen LogP contribution is 2.17. The highest BCUT2D eigenvalue weighted by molar-refractivity contribution is 5.72. The van der Waals surface area contributed by atoms with Crippen molar-refractivity contribution in [1.29, 1.82) is 0 Å². The van der Waals surface area contributed by atoms with Gasteiger partial charge >= 0.3 is 17.9 Å². The maximum Gasteiger partial charge on any atom is 0.310 e. The zero-order chi connectivity index (χ0) is 50.7. The van der Waals surface area contributed by atoms with Crippen LogP contribution in [0.15, 0.2) is 72.9 Å². The molecular formula is C64H112O6. The molecule has 0 spiro atoms. The van der Waals surface area contributed by atoms with Crippen molar-refractivity contribution in [1.82, 2.24) is 0 Å². The van der Waals surface area contributed by atoms with Crippen LogP contribution in [0.3, 0.4) is 0 Å². The quantitative estimate of drug-likeness (QED) is 0.0261. The molecule has 0 bridgehead atoms. The van der Waals surface area contributed by atoms with E-state index in [1.165, 1.54) is 186 Å². The van der Waals surface area contributed by atoms with Crippen molar-refractivity contribution < 1.29 is 28.6 Å². The Bertz CT molecular complexity index is 1310. The number of hydrogen-bond acceptors (Lipinski definition) is 6. The molecule has 70 heavy (non-hydrogen) atoms. The Morgan fingerprint density at radius 2 is 0.600 bits per heavy atom. The molecule has 0 aromatic rings. The van der Waals surface area contributed by atoms with E-state index in [4.69, 9.17) is 14.2 Å². The normalized spacial score (nSPS) is 12.6. The van der Waals surface area contributed by atoms with E-state index in [-0.39, 0.29) is 31.6 Å². The van der Waals surface area contributed by atoms with Crippen molar-refractivity contribution in [2.75, 3.05) is 13.2 Å². The Labute approximate surface area is 433 Å². The van der Waals surface area contributed by atoms with Gasteiger partial charge in [0.1, 0.15) is 13.2 Å². The fourth-order valence-corrected chi connectivity index (χ4v) is 8.51. The summed E-state index contributed by atoms with van der Waals surface area (Å²) >= 11 is 0. The average molecular weight is 978 g/mol. The van der Waals surface area contributed by atoms with Crippen LogP contribution in [0.5, 0.6) is 0 Å². The van der Waals surface area contributed by atoms with E-state index in [2.05, 4.69) is 81.5 Å². The summed E-state index contributed by atoms with van der Waals surface area (Å²) in [4.78, 5) is 37.8. The van der Waals surface area contributed by atoms with Gasteiger partial charge in [-0.2, -0.15) is 0 Å². The fourth-order valence-electron chi connectivity index (χ4n) is 8.51. The molecule has 1 atom stereocenters. The standard InChI is InChI=1S/C64H112O6/c1-4-7-10-13-16-18-20-22-24-25-26-27-28-29-30-31-32-33-34-35-36-37-38-39-41-42-44-46-48-51-54-57-63(66)69-60-61(59-68-62(65)56-53-50-15-12-9-6-3)70-64(67)58-55-52-49-47-45-43-40-23-21-19-17-14-11-8-5-2/h8,11,17,19,23,25-26,40,45,47,52,55,61H,4-7,9-10,12-16,18,20-22,24,27-39,41-44,46,48-51,53-54,56-60H2,1-3H3/b11-8-,19-17-,26-25-,40-23-,47-45-,55-52-. The van der Waals surface area contributed by atoms with E-state index in [9.17, 15) is 14.4 Å². The van der Waals surface area contributed by atoms with Crippen molar-refractivity contribution in [3.8, 4) is 0 Å². The molecule has 0 aromatic carbocycles. The third kappa shape index (κ3) is 55.8. The van der Waals surface area contributed by atoms with Crippen molar-refractivity contribution in [2.24, 2.45) is 0 Å². The Morgan fingerprint density at radius 3 is 0.929 bits per heavy atom. The summed E-state index contributed by atoms with van der Waals surface area (Å²) in [7, 11) is 0. The first-order valence-corrected chi connectivity index (χ1v) is 29.9. The summed E-state index contributed by atoms with van der Waals surface area (Å²) in [6.07, 6.45) is 75.6. The summed E-state index contributed by atoms with van der Waals surface area (Å²) in [5.41, 5.74) is 0. The second kappa shape index (κ2) is 58.4. The molecule has 6 heteroatoms. The van der Waals surface area contributed by atoms with Crippen LogP contribution in [0.4, 0.5) is 0 Å². The first-order valence-electron chi connectivity index (χ1n) is 29.9. The molecule has 1 unspecified atom stereocenters. The first kappa shape index (κ1) is 66.9. The van der Waals surface area contributed by atoms with E-state index >= 15 is 0 Å². The van der Waals surface area contributed by atoms with Crippen molar-refractivity contribution in [3.05, 3.63) is 72.9 Å². The van der Waals surface area contributed by atoms with Crippen molar-refractivity contribution in [3.63, 3.8) is 0 Å². The molecule has 0 aliphatic heterocycles. The largest absolute Gasteiger partial charge is 0.462 e. The summed E-state index contributed by atoms with van der Waals surface area (Å²) < 4.78 is 16.6. The number of esters is 3. The fraction of sp³-hybridized carbons (Fsp3) is 0.766. The van der Waals surface area contributed by atoms with Crippen molar-refractivity contribution in [2.45, 2.75) is 303 Å². The van der Waals surface area contributed by atoms with Crippen LogP contribution in [0.2, 0.25) is 0 Å². The van der Waals surface area contributed by atoms with Crippen LogP contribution in [-0.2, 0) is 28.6 Å². The summed E-state index contributed by atoms with van der Waals surface area (Å²) in [6, 6.07) is 0. The number of rotatable bonds is 54. The number of allylic oxidation sites excluding steroid dienone is 11. The van der Waals surface area contributed by atoms with Gasteiger partial charge in [-0.05, 0) is 70.6 Å². The van der Waals surface area contributed by atoms with Gasteiger partial charge in [0.15, 0.2) is 6.10 Å².